The number of hydrogen-bond acceptors (Lipinski definition) is 2. The molecule has 1 aromatic carbocycles. The molecular weight excluding hydrogens is 254 g/mol. The second kappa shape index (κ2) is 4.99. The molecule has 82 valence electrons. The zero-order chi connectivity index (χ0) is 10.7. The van der Waals surface area contributed by atoms with Gasteiger partial charge in [-0.25, -0.2) is 0 Å². The number of hydrogen-bond donors (Lipinski definition) is 1. The average molecular weight is 270 g/mol. The zero-order valence-electron chi connectivity index (χ0n) is 8.92. The van der Waals surface area contributed by atoms with Gasteiger partial charge in [-0.3, -0.25) is 0 Å². The first-order valence-corrected chi connectivity index (χ1v) is 6.24. The van der Waals surface area contributed by atoms with Crippen molar-refractivity contribution in [1.29, 1.82) is 0 Å². The highest BCUT2D eigenvalue weighted by molar-refractivity contribution is 9.10. The molecule has 1 N–H and O–H groups in total. The summed E-state index contributed by atoms with van der Waals surface area (Å²) in [4.78, 5) is 0. The predicted octanol–water partition coefficient (Wildman–Crippen LogP) is 2.75. The lowest BCUT2D eigenvalue weighted by Gasteiger charge is -2.14. The van der Waals surface area contributed by atoms with Gasteiger partial charge >= 0.3 is 0 Å². The molecule has 3 heteroatoms. The van der Waals surface area contributed by atoms with E-state index in [4.69, 9.17) is 4.74 Å². The van der Waals surface area contributed by atoms with E-state index >= 15 is 0 Å². The summed E-state index contributed by atoms with van der Waals surface area (Å²) < 4.78 is 6.96. The van der Waals surface area contributed by atoms with Gasteiger partial charge in [0.2, 0.25) is 0 Å². The fraction of sp³-hybridized carbons (Fsp3) is 0.500. The van der Waals surface area contributed by atoms with Gasteiger partial charge in [0.1, 0.15) is 11.9 Å². The monoisotopic (exact) mass is 269 g/mol. The molecule has 0 spiro atoms. The van der Waals surface area contributed by atoms with Gasteiger partial charge in [0.25, 0.3) is 0 Å². The second-order valence-electron chi connectivity index (χ2n) is 3.85. The highest BCUT2D eigenvalue weighted by Crippen LogP contribution is 2.27. The van der Waals surface area contributed by atoms with Crippen molar-refractivity contribution >= 4 is 15.9 Å². The van der Waals surface area contributed by atoms with Crippen molar-refractivity contribution in [2.75, 3.05) is 13.1 Å². The lowest BCUT2D eigenvalue weighted by atomic mass is 10.2. The van der Waals surface area contributed by atoms with Gasteiger partial charge in [-0.05, 0) is 53.0 Å². The Morgan fingerprint density at radius 2 is 2.40 bits per heavy atom. The van der Waals surface area contributed by atoms with Gasteiger partial charge in [-0.1, -0.05) is 13.0 Å². The molecule has 1 unspecified atom stereocenters. The van der Waals surface area contributed by atoms with E-state index in [2.05, 4.69) is 46.4 Å². The summed E-state index contributed by atoms with van der Waals surface area (Å²) in [6, 6.07) is 6.32. The van der Waals surface area contributed by atoms with Crippen LogP contribution in [0.1, 0.15) is 18.9 Å². The molecule has 1 saturated heterocycles. The Labute approximate surface area is 99.1 Å². The third-order valence-corrected chi connectivity index (χ3v) is 3.33. The maximum atomic E-state index is 5.90. The Morgan fingerprint density at radius 3 is 3.00 bits per heavy atom. The van der Waals surface area contributed by atoms with E-state index in [9.17, 15) is 0 Å². The Morgan fingerprint density at radius 1 is 1.53 bits per heavy atom. The van der Waals surface area contributed by atoms with Crippen molar-refractivity contribution in [3.05, 3.63) is 28.2 Å². The molecule has 1 heterocycles. The summed E-state index contributed by atoms with van der Waals surface area (Å²) in [6.45, 7) is 4.18. The van der Waals surface area contributed by atoms with Crippen LogP contribution in [0.15, 0.2) is 22.7 Å². The number of ether oxygens (including phenoxy) is 1. The molecule has 1 aliphatic heterocycles. The smallest absolute Gasteiger partial charge is 0.133 e. The van der Waals surface area contributed by atoms with Crippen LogP contribution in [0, 0.1) is 0 Å². The highest BCUT2D eigenvalue weighted by atomic mass is 79.9. The molecule has 1 aliphatic rings. The third-order valence-electron chi connectivity index (χ3n) is 2.71. The van der Waals surface area contributed by atoms with Crippen LogP contribution in [-0.4, -0.2) is 19.2 Å². The van der Waals surface area contributed by atoms with Crippen molar-refractivity contribution < 1.29 is 4.74 Å². The summed E-state index contributed by atoms with van der Waals surface area (Å²) >= 11 is 3.55. The molecule has 15 heavy (non-hydrogen) atoms. The van der Waals surface area contributed by atoms with Crippen LogP contribution in [0.3, 0.4) is 0 Å². The SMILES string of the molecule is CCc1ccc(OC2CCNC2)c(Br)c1. The van der Waals surface area contributed by atoms with Gasteiger partial charge in [0.15, 0.2) is 0 Å². The maximum Gasteiger partial charge on any atom is 0.133 e. The first kappa shape index (κ1) is 11.0. The van der Waals surface area contributed by atoms with E-state index < -0.39 is 0 Å². The molecule has 2 nitrogen and oxygen atoms in total. The van der Waals surface area contributed by atoms with Crippen LogP contribution in [0.5, 0.6) is 5.75 Å². The van der Waals surface area contributed by atoms with Crippen molar-refractivity contribution in [2.45, 2.75) is 25.9 Å². The second-order valence-corrected chi connectivity index (χ2v) is 4.71. The zero-order valence-corrected chi connectivity index (χ0v) is 10.5. The maximum absolute atomic E-state index is 5.90. The fourth-order valence-corrected chi connectivity index (χ4v) is 2.29. The molecule has 1 atom stereocenters. The topological polar surface area (TPSA) is 21.3 Å². The lowest BCUT2D eigenvalue weighted by Crippen LogP contribution is -2.19. The summed E-state index contributed by atoms with van der Waals surface area (Å²) in [5.41, 5.74) is 1.33. The lowest BCUT2D eigenvalue weighted by molar-refractivity contribution is 0.221. The minimum atomic E-state index is 0.328. The average Bonchev–Trinajstić information content (AvgIpc) is 2.74. The minimum Gasteiger partial charge on any atom is -0.488 e. The Balaban J connectivity index is 2.07. The molecule has 1 fully saturated rings. The molecular formula is C12H16BrNO. The van der Waals surface area contributed by atoms with E-state index in [1.807, 2.05) is 0 Å². The molecule has 0 amide bonds. The first-order valence-electron chi connectivity index (χ1n) is 5.45. The standard InChI is InChI=1S/C12H16BrNO/c1-2-9-3-4-12(11(13)7-9)15-10-5-6-14-8-10/h3-4,7,10,14H,2,5-6,8H2,1H3. The summed E-state index contributed by atoms with van der Waals surface area (Å²) in [5.74, 6) is 0.959. The Kier molecular flexibility index (Phi) is 3.65. The fourth-order valence-electron chi connectivity index (χ4n) is 1.77. The Hall–Kier alpha value is -0.540. The van der Waals surface area contributed by atoms with Crippen LogP contribution in [-0.2, 0) is 6.42 Å². The molecule has 1 aromatic rings. The summed E-state index contributed by atoms with van der Waals surface area (Å²) in [7, 11) is 0. The largest absolute Gasteiger partial charge is 0.488 e. The van der Waals surface area contributed by atoms with E-state index in [1.54, 1.807) is 0 Å². The van der Waals surface area contributed by atoms with Crippen LogP contribution in [0.4, 0.5) is 0 Å². The third kappa shape index (κ3) is 2.73. The number of benzene rings is 1. The quantitative estimate of drug-likeness (QED) is 0.911. The van der Waals surface area contributed by atoms with E-state index in [0.717, 1.165) is 36.2 Å². The van der Waals surface area contributed by atoms with Crippen molar-refractivity contribution in [1.82, 2.24) is 5.32 Å². The molecule has 0 bridgehead atoms. The van der Waals surface area contributed by atoms with Crippen molar-refractivity contribution in [3.63, 3.8) is 0 Å². The van der Waals surface area contributed by atoms with E-state index in [-0.39, 0.29) is 0 Å². The summed E-state index contributed by atoms with van der Waals surface area (Å²) in [5, 5.41) is 3.29. The van der Waals surface area contributed by atoms with Crippen LogP contribution in [0.2, 0.25) is 0 Å². The molecule has 0 aromatic heterocycles. The molecule has 0 radical (unpaired) electrons. The van der Waals surface area contributed by atoms with Crippen LogP contribution in [0.25, 0.3) is 0 Å². The molecule has 2 rings (SSSR count). The van der Waals surface area contributed by atoms with Gasteiger partial charge in [-0.15, -0.1) is 0 Å². The van der Waals surface area contributed by atoms with E-state index in [0.29, 0.717) is 6.10 Å². The van der Waals surface area contributed by atoms with Gasteiger partial charge < -0.3 is 10.1 Å². The predicted molar refractivity (Wildman–Crippen MR) is 65.4 cm³/mol. The highest BCUT2D eigenvalue weighted by Gasteiger charge is 2.16. The first-order chi connectivity index (χ1) is 7.29. The van der Waals surface area contributed by atoms with Crippen molar-refractivity contribution in [3.8, 4) is 5.75 Å². The summed E-state index contributed by atoms with van der Waals surface area (Å²) in [6.07, 6.45) is 2.49. The normalized spacial score (nSPS) is 20.5. The number of halogens is 1. The minimum absolute atomic E-state index is 0.328. The van der Waals surface area contributed by atoms with Crippen molar-refractivity contribution in [2.24, 2.45) is 0 Å². The van der Waals surface area contributed by atoms with Gasteiger partial charge in [-0.2, -0.15) is 0 Å². The molecule has 0 aliphatic carbocycles. The molecule has 0 saturated carbocycles. The Bertz CT molecular complexity index is 334. The number of nitrogens with one attached hydrogen (secondary N) is 1. The van der Waals surface area contributed by atoms with E-state index in [1.165, 1.54) is 5.56 Å². The van der Waals surface area contributed by atoms with Crippen LogP contribution >= 0.6 is 15.9 Å². The number of aryl methyl sites for hydroxylation is 1. The van der Waals surface area contributed by atoms with Gasteiger partial charge in [0, 0.05) is 6.54 Å². The van der Waals surface area contributed by atoms with Crippen LogP contribution < -0.4 is 10.1 Å². The van der Waals surface area contributed by atoms with Gasteiger partial charge in [0.05, 0.1) is 4.47 Å². The number of rotatable bonds is 3.